The lowest BCUT2D eigenvalue weighted by Gasteiger charge is -2.12. The number of carbonyl (C=O) groups excluding carboxylic acids is 2. The fourth-order valence-electron chi connectivity index (χ4n) is 2.34. The van der Waals surface area contributed by atoms with E-state index in [2.05, 4.69) is 5.32 Å². The molecule has 8 nitrogen and oxygen atoms in total. The van der Waals surface area contributed by atoms with E-state index in [0.717, 1.165) is 11.1 Å². The molecular formula is C18H17ClN2O6. The number of nitro benzene ring substituents is 1. The largest absolute Gasteiger partial charge is 0.481 e. The molecule has 1 amide bonds. The average molecular weight is 393 g/mol. The molecule has 0 fully saturated rings. The molecule has 0 saturated carbocycles. The Balaban J connectivity index is 1.82. The number of esters is 1. The van der Waals surface area contributed by atoms with Crippen LogP contribution < -0.4 is 10.1 Å². The van der Waals surface area contributed by atoms with E-state index in [9.17, 15) is 19.7 Å². The van der Waals surface area contributed by atoms with Gasteiger partial charge in [-0.25, -0.2) is 4.79 Å². The zero-order chi connectivity index (χ0) is 20.0. The molecule has 1 N–H and O–H groups in total. The molecule has 0 atom stereocenters. The highest BCUT2D eigenvalue weighted by Crippen LogP contribution is 2.27. The van der Waals surface area contributed by atoms with Gasteiger partial charge in [-0.1, -0.05) is 17.7 Å². The number of hydrogen-bond donors (Lipinski definition) is 1. The lowest BCUT2D eigenvalue weighted by atomic mass is 10.1. The topological polar surface area (TPSA) is 108 Å². The smallest absolute Gasteiger partial charge is 0.344 e. The fraction of sp³-hybridized carbons (Fsp3) is 0.222. The van der Waals surface area contributed by atoms with Crippen molar-refractivity contribution in [1.29, 1.82) is 0 Å². The maximum absolute atomic E-state index is 11.8. The standard InChI is InChI=1S/C18H17ClN2O6/c1-11-6-13(19)7-12(2)18(11)27-10-17(23)26-9-16(22)20-14-4-3-5-15(8-14)21(24)25/h3-8H,9-10H2,1-2H3,(H,20,22). The molecule has 2 aromatic carbocycles. The van der Waals surface area contributed by atoms with Gasteiger partial charge in [-0.3, -0.25) is 14.9 Å². The predicted octanol–water partition coefficient (Wildman–Crippen LogP) is 3.43. The van der Waals surface area contributed by atoms with Crippen molar-refractivity contribution in [1.82, 2.24) is 0 Å². The van der Waals surface area contributed by atoms with Gasteiger partial charge in [0.1, 0.15) is 5.75 Å². The van der Waals surface area contributed by atoms with Gasteiger partial charge in [0.05, 0.1) is 4.92 Å². The third-order valence-electron chi connectivity index (χ3n) is 3.46. The monoisotopic (exact) mass is 392 g/mol. The van der Waals surface area contributed by atoms with E-state index in [0.29, 0.717) is 10.8 Å². The Morgan fingerprint density at radius 2 is 1.81 bits per heavy atom. The van der Waals surface area contributed by atoms with E-state index in [-0.39, 0.29) is 18.0 Å². The van der Waals surface area contributed by atoms with Crippen LogP contribution in [-0.2, 0) is 14.3 Å². The van der Waals surface area contributed by atoms with Crippen LogP contribution in [0.1, 0.15) is 11.1 Å². The van der Waals surface area contributed by atoms with E-state index in [1.807, 2.05) is 0 Å². The molecule has 0 unspecified atom stereocenters. The number of nitrogens with one attached hydrogen (secondary N) is 1. The summed E-state index contributed by atoms with van der Waals surface area (Å²) in [6, 6.07) is 8.85. The molecule has 0 aliphatic carbocycles. The summed E-state index contributed by atoms with van der Waals surface area (Å²) in [5.41, 5.74) is 1.62. The Morgan fingerprint density at radius 3 is 2.44 bits per heavy atom. The van der Waals surface area contributed by atoms with Crippen LogP contribution in [0.5, 0.6) is 5.75 Å². The van der Waals surface area contributed by atoms with Gasteiger partial charge in [0.2, 0.25) is 0 Å². The number of aryl methyl sites for hydroxylation is 2. The van der Waals surface area contributed by atoms with E-state index < -0.39 is 23.4 Å². The second kappa shape index (κ2) is 9.00. The number of nitrogens with zero attached hydrogens (tertiary/aromatic N) is 1. The molecule has 0 radical (unpaired) electrons. The first-order chi connectivity index (χ1) is 12.8. The minimum absolute atomic E-state index is 0.160. The SMILES string of the molecule is Cc1cc(Cl)cc(C)c1OCC(=O)OCC(=O)Nc1cccc([N+](=O)[O-])c1. The van der Waals surface area contributed by atoms with Crippen molar-refractivity contribution in [2.24, 2.45) is 0 Å². The van der Waals surface area contributed by atoms with Crippen molar-refractivity contribution >= 4 is 34.9 Å². The summed E-state index contributed by atoms with van der Waals surface area (Å²) in [5.74, 6) is -0.821. The molecule has 0 aliphatic heterocycles. The first kappa shape index (κ1) is 20.2. The molecule has 0 heterocycles. The van der Waals surface area contributed by atoms with E-state index in [1.165, 1.54) is 24.3 Å². The Hall–Kier alpha value is -3.13. The second-order valence-corrected chi connectivity index (χ2v) is 6.11. The van der Waals surface area contributed by atoms with Gasteiger partial charge in [0, 0.05) is 22.8 Å². The van der Waals surface area contributed by atoms with Gasteiger partial charge in [-0.15, -0.1) is 0 Å². The Kier molecular flexibility index (Phi) is 6.73. The minimum atomic E-state index is -0.724. The molecule has 0 aromatic heterocycles. The van der Waals surface area contributed by atoms with Gasteiger partial charge in [-0.05, 0) is 43.2 Å². The van der Waals surface area contributed by atoms with Gasteiger partial charge in [0.25, 0.3) is 11.6 Å². The second-order valence-electron chi connectivity index (χ2n) is 5.67. The molecule has 142 valence electrons. The molecule has 0 spiro atoms. The lowest BCUT2D eigenvalue weighted by Crippen LogP contribution is -2.23. The summed E-state index contributed by atoms with van der Waals surface area (Å²) in [5, 5.41) is 13.7. The van der Waals surface area contributed by atoms with Crippen LogP contribution in [0, 0.1) is 24.0 Å². The Labute approximate surface area is 160 Å². The predicted molar refractivity (Wildman–Crippen MR) is 99.1 cm³/mol. The summed E-state index contributed by atoms with van der Waals surface area (Å²) in [4.78, 5) is 33.7. The van der Waals surface area contributed by atoms with Gasteiger partial charge < -0.3 is 14.8 Å². The maximum Gasteiger partial charge on any atom is 0.344 e. The van der Waals surface area contributed by atoms with Crippen molar-refractivity contribution in [3.63, 3.8) is 0 Å². The number of non-ortho nitro benzene ring substituents is 1. The highest BCUT2D eigenvalue weighted by molar-refractivity contribution is 6.30. The lowest BCUT2D eigenvalue weighted by molar-refractivity contribution is -0.384. The Bertz CT molecular complexity index is 861. The summed E-state index contributed by atoms with van der Waals surface area (Å²) in [6.07, 6.45) is 0. The molecule has 0 aliphatic rings. The van der Waals surface area contributed by atoms with Gasteiger partial charge in [0.15, 0.2) is 13.2 Å². The maximum atomic E-state index is 11.8. The number of halogens is 1. The molecule has 0 saturated heterocycles. The van der Waals surface area contributed by atoms with E-state index >= 15 is 0 Å². The van der Waals surface area contributed by atoms with Crippen LogP contribution in [0.2, 0.25) is 5.02 Å². The van der Waals surface area contributed by atoms with Crippen molar-refractivity contribution < 1.29 is 24.0 Å². The van der Waals surface area contributed by atoms with Crippen LogP contribution in [0.25, 0.3) is 0 Å². The zero-order valence-corrected chi connectivity index (χ0v) is 15.4. The molecule has 9 heteroatoms. The highest BCUT2D eigenvalue weighted by Gasteiger charge is 2.13. The summed E-state index contributed by atoms with van der Waals surface area (Å²) in [7, 11) is 0. The minimum Gasteiger partial charge on any atom is -0.481 e. The number of anilines is 1. The number of carbonyl (C=O) groups is 2. The van der Waals surface area contributed by atoms with Crippen molar-refractivity contribution in [3.8, 4) is 5.75 Å². The summed E-state index contributed by atoms with van der Waals surface area (Å²) < 4.78 is 10.3. The van der Waals surface area contributed by atoms with E-state index in [4.69, 9.17) is 21.1 Å². The fourth-order valence-corrected chi connectivity index (χ4v) is 2.67. The molecule has 27 heavy (non-hydrogen) atoms. The van der Waals surface area contributed by atoms with Crippen LogP contribution >= 0.6 is 11.6 Å². The first-order valence-electron chi connectivity index (χ1n) is 7.85. The number of ether oxygens (including phenoxy) is 2. The quantitative estimate of drug-likeness (QED) is 0.439. The van der Waals surface area contributed by atoms with Crippen molar-refractivity contribution in [2.75, 3.05) is 18.5 Å². The zero-order valence-electron chi connectivity index (χ0n) is 14.7. The number of rotatable bonds is 7. The Morgan fingerprint density at radius 1 is 1.15 bits per heavy atom. The third-order valence-corrected chi connectivity index (χ3v) is 3.68. The van der Waals surface area contributed by atoms with Crippen LogP contribution in [-0.4, -0.2) is 30.0 Å². The number of benzene rings is 2. The normalized spacial score (nSPS) is 10.2. The van der Waals surface area contributed by atoms with Gasteiger partial charge >= 0.3 is 5.97 Å². The average Bonchev–Trinajstić information content (AvgIpc) is 2.59. The van der Waals surface area contributed by atoms with Crippen molar-refractivity contribution in [2.45, 2.75) is 13.8 Å². The summed E-state index contributed by atoms with van der Waals surface area (Å²) in [6.45, 7) is 2.69. The van der Waals surface area contributed by atoms with Crippen LogP contribution in [0.15, 0.2) is 36.4 Å². The number of amides is 1. The number of hydrogen-bond acceptors (Lipinski definition) is 6. The first-order valence-corrected chi connectivity index (χ1v) is 8.23. The molecular weight excluding hydrogens is 376 g/mol. The van der Waals surface area contributed by atoms with Crippen LogP contribution in [0.3, 0.4) is 0 Å². The number of nitro groups is 1. The highest BCUT2D eigenvalue weighted by atomic mass is 35.5. The molecule has 2 aromatic rings. The van der Waals surface area contributed by atoms with Crippen LogP contribution in [0.4, 0.5) is 11.4 Å². The van der Waals surface area contributed by atoms with Gasteiger partial charge in [-0.2, -0.15) is 0 Å². The molecule has 2 rings (SSSR count). The third kappa shape index (κ3) is 5.96. The molecule has 0 bridgehead atoms. The van der Waals surface area contributed by atoms with E-state index in [1.54, 1.807) is 26.0 Å². The van der Waals surface area contributed by atoms with Crippen molar-refractivity contribution in [3.05, 3.63) is 62.7 Å². The summed E-state index contributed by atoms with van der Waals surface area (Å²) >= 11 is 5.93.